The summed E-state index contributed by atoms with van der Waals surface area (Å²) in [7, 11) is 1.35. The molecule has 0 aromatic heterocycles. The Labute approximate surface area is 91.4 Å². The predicted octanol–water partition coefficient (Wildman–Crippen LogP) is 1.49. The minimum atomic E-state index is -0.285. The fourth-order valence-corrected chi connectivity index (χ4v) is 1.24. The lowest BCUT2D eigenvalue weighted by atomic mass is 10.1. The van der Waals surface area contributed by atoms with E-state index in [1.807, 2.05) is 20.8 Å². The van der Waals surface area contributed by atoms with Crippen LogP contribution < -0.4 is 5.32 Å². The van der Waals surface area contributed by atoms with Crippen LogP contribution in [-0.2, 0) is 14.3 Å². The molecule has 0 fully saturated rings. The number of rotatable bonds is 6. The highest BCUT2D eigenvalue weighted by atomic mass is 16.5. The van der Waals surface area contributed by atoms with Crippen molar-refractivity contribution in [2.75, 3.05) is 7.11 Å². The Morgan fingerprint density at radius 3 is 2.27 bits per heavy atom. The second-order valence-corrected chi connectivity index (χ2v) is 4.05. The van der Waals surface area contributed by atoms with Gasteiger partial charge in [0.1, 0.15) is 0 Å². The standard InChI is InChI=1S/C11H21NO3/c1-5-9(7-11(14)15-4)12-10(13)6-8(2)3/h8-9H,5-7H2,1-4H3,(H,12,13). The highest BCUT2D eigenvalue weighted by Crippen LogP contribution is 2.03. The van der Waals surface area contributed by atoms with Crippen molar-refractivity contribution < 1.29 is 14.3 Å². The van der Waals surface area contributed by atoms with Gasteiger partial charge in [0.05, 0.1) is 13.5 Å². The number of hydrogen-bond acceptors (Lipinski definition) is 3. The Morgan fingerprint density at radius 2 is 1.87 bits per heavy atom. The van der Waals surface area contributed by atoms with Gasteiger partial charge in [-0.25, -0.2) is 0 Å². The number of esters is 1. The molecule has 0 radical (unpaired) electrons. The van der Waals surface area contributed by atoms with Crippen molar-refractivity contribution in [2.45, 2.75) is 46.1 Å². The molecular weight excluding hydrogens is 194 g/mol. The summed E-state index contributed by atoms with van der Waals surface area (Å²) in [5.74, 6) is 0.0492. The quantitative estimate of drug-likeness (QED) is 0.683. The van der Waals surface area contributed by atoms with Gasteiger partial charge in [-0.3, -0.25) is 9.59 Å². The van der Waals surface area contributed by atoms with Crippen molar-refractivity contribution >= 4 is 11.9 Å². The zero-order chi connectivity index (χ0) is 11.8. The van der Waals surface area contributed by atoms with Gasteiger partial charge in [-0.1, -0.05) is 20.8 Å². The van der Waals surface area contributed by atoms with E-state index in [-0.39, 0.29) is 24.3 Å². The van der Waals surface area contributed by atoms with Crippen molar-refractivity contribution in [1.82, 2.24) is 5.32 Å². The molecule has 1 amide bonds. The van der Waals surface area contributed by atoms with Gasteiger partial charge in [0.2, 0.25) is 5.91 Å². The Kier molecular flexibility index (Phi) is 6.75. The summed E-state index contributed by atoms with van der Waals surface area (Å²) in [6.07, 6.45) is 1.48. The normalized spacial score (nSPS) is 12.3. The van der Waals surface area contributed by atoms with Crippen molar-refractivity contribution in [1.29, 1.82) is 0 Å². The van der Waals surface area contributed by atoms with Crippen molar-refractivity contribution in [2.24, 2.45) is 5.92 Å². The van der Waals surface area contributed by atoms with Gasteiger partial charge in [0.25, 0.3) is 0 Å². The first-order valence-corrected chi connectivity index (χ1v) is 5.35. The maximum atomic E-state index is 11.4. The van der Waals surface area contributed by atoms with Gasteiger partial charge in [0, 0.05) is 12.5 Å². The largest absolute Gasteiger partial charge is 0.469 e. The number of amides is 1. The number of carbonyl (C=O) groups is 2. The molecule has 15 heavy (non-hydrogen) atoms. The Morgan fingerprint density at radius 1 is 1.27 bits per heavy atom. The maximum absolute atomic E-state index is 11.4. The summed E-state index contributed by atoms with van der Waals surface area (Å²) in [6, 6.07) is -0.108. The number of methoxy groups -OCH3 is 1. The highest BCUT2D eigenvalue weighted by Gasteiger charge is 2.15. The van der Waals surface area contributed by atoms with Crippen LogP contribution in [0, 0.1) is 5.92 Å². The fraction of sp³-hybridized carbons (Fsp3) is 0.818. The lowest BCUT2D eigenvalue weighted by Gasteiger charge is -2.16. The maximum Gasteiger partial charge on any atom is 0.307 e. The molecule has 4 heteroatoms. The molecule has 0 aliphatic carbocycles. The molecule has 1 unspecified atom stereocenters. The monoisotopic (exact) mass is 215 g/mol. The second kappa shape index (κ2) is 7.26. The number of nitrogens with one attached hydrogen (secondary N) is 1. The average Bonchev–Trinajstić information content (AvgIpc) is 2.15. The van der Waals surface area contributed by atoms with Crippen LogP contribution in [0.3, 0.4) is 0 Å². The lowest BCUT2D eigenvalue weighted by Crippen LogP contribution is -2.36. The number of hydrogen-bond donors (Lipinski definition) is 1. The van der Waals surface area contributed by atoms with Crippen LogP contribution in [0.25, 0.3) is 0 Å². The fourth-order valence-electron chi connectivity index (χ4n) is 1.24. The van der Waals surface area contributed by atoms with Gasteiger partial charge >= 0.3 is 5.97 Å². The van der Waals surface area contributed by atoms with E-state index in [1.54, 1.807) is 0 Å². The molecule has 88 valence electrons. The number of carbonyl (C=O) groups excluding carboxylic acids is 2. The molecular formula is C11H21NO3. The van der Waals surface area contributed by atoms with Gasteiger partial charge in [-0.15, -0.1) is 0 Å². The van der Waals surface area contributed by atoms with Gasteiger partial charge in [-0.05, 0) is 12.3 Å². The van der Waals surface area contributed by atoms with Crippen LogP contribution in [0.4, 0.5) is 0 Å². The zero-order valence-electron chi connectivity index (χ0n) is 10.0. The molecule has 4 nitrogen and oxygen atoms in total. The van der Waals surface area contributed by atoms with Crippen LogP contribution in [0.15, 0.2) is 0 Å². The van der Waals surface area contributed by atoms with Gasteiger partial charge in [-0.2, -0.15) is 0 Å². The van der Waals surface area contributed by atoms with E-state index in [0.717, 1.165) is 6.42 Å². The molecule has 0 bridgehead atoms. The van der Waals surface area contributed by atoms with E-state index in [1.165, 1.54) is 7.11 Å². The van der Waals surface area contributed by atoms with E-state index >= 15 is 0 Å². The average molecular weight is 215 g/mol. The smallest absolute Gasteiger partial charge is 0.307 e. The van der Waals surface area contributed by atoms with Crippen LogP contribution in [0.5, 0.6) is 0 Å². The van der Waals surface area contributed by atoms with Crippen LogP contribution in [0.1, 0.15) is 40.0 Å². The number of ether oxygens (including phenoxy) is 1. The Balaban J connectivity index is 3.98. The van der Waals surface area contributed by atoms with Gasteiger partial charge in [0.15, 0.2) is 0 Å². The first-order valence-electron chi connectivity index (χ1n) is 5.35. The van der Waals surface area contributed by atoms with Crippen molar-refractivity contribution in [3.05, 3.63) is 0 Å². The SMILES string of the molecule is CCC(CC(=O)OC)NC(=O)CC(C)C. The topological polar surface area (TPSA) is 55.4 Å². The second-order valence-electron chi connectivity index (χ2n) is 4.05. The van der Waals surface area contributed by atoms with Crippen molar-refractivity contribution in [3.63, 3.8) is 0 Å². The molecule has 0 spiro atoms. The molecule has 0 rings (SSSR count). The minimum Gasteiger partial charge on any atom is -0.469 e. The summed E-state index contributed by atoms with van der Waals surface area (Å²) in [5, 5.41) is 2.82. The van der Waals surface area contributed by atoms with Crippen LogP contribution in [0.2, 0.25) is 0 Å². The molecule has 0 heterocycles. The van der Waals surface area contributed by atoms with E-state index in [4.69, 9.17) is 0 Å². The minimum absolute atomic E-state index is 0.000697. The molecule has 0 aromatic rings. The van der Waals surface area contributed by atoms with E-state index in [9.17, 15) is 9.59 Å². The van der Waals surface area contributed by atoms with Gasteiger partial charge < -0.3 is 10.1 Å². The summed E-state index contributed by atoms with van der Waals surface area (Å²) < 4.78 is 4.55. The molecule has 1 N–H and O–H groups in total. The van der Waals surface area contributed by atoms with E-state index < -0.39 is 0 Å². The first-order chi connectivity index (χ1) is 6.99. The van der Waals surface area contributed by atoms with E-state index in [2.05, 4.69) is 10.1 Å². The predicted molar refractivity (Wildman–Crippen MR) is 58.3 cm³/mol. The van der Waals surface area contributed by atoms with E-state index in [0.29, 0.717) is 12.3 Å². The van der Waals surface area contributed by atoms with Crippen molar-refractivity contribution in [3.8, 4) is 0 Å². The summed E-state index contributed by atoms with van der Waals surface area (Å²) >= 11 is 0. The van der Waals surface area contributed by atoms with Crippen LogP contribution >= 0.6 is 0 Å². The molecule has 0 saturated carbocycles. The summed E-state index contributed by atoms with van der Waals surface area (Å²) in [4.78, 5) is 22.4. The molecule has 1 atom stereocenters. The molecule has 0 aromatic carbocycles. The highest BCUT2D eigenvalue weighted by molar-refractivity contribution is 5.77. The zero-order valence-corrected chi connectivity index (χ0v) is 10.0. The lowest BCUT2D eigenvalue weighted by molar-refractivity contribution is -0.141. The molecule has 0 aliphatic rings. The Hall–Kier alpha value is -1.06. The third kappa shape index (κ3) is 6.94. The third-order valence-corrected chi connectivity index (χ3v) is 2.09. The molecule has 0 saturated heterocycles. The Bertz CT molecular complexity index is 214. The third-order valence-electron chi connectivity index (χ3n) is 2.09. The van der Waals surface area contributed by atoms with Crippen LogP contribution in [-0.4, -0.2) is 25.0 Å². The summed E-state index contributed by atoms with van der Waals surface area (Å²) in [6.45, 7) is 5.91. The summed E-state index contributed by atoms with van der Waals surface area (Å²) in [5.41, 5.74) is 0. The molecule has 0 aliphatic heterocycles. The first kappa shape index (κ1) is 13.9.